The van der Waals surface area contributed by atoms with E-state index in [1.165, 1.54) is 0 Å². The van der Waals surface area contributed by atoms with Crippen LogP contribution in [0.25, 0.3) is 0 Å². The van der Waals surface area contributed by atoms with Gasteiger partial charge in [0.1, 0.15) is 15.7 Å². The molecule has 1 aromatic rings. The molecule has 1 aromatic heterocycles. The van der Waals surface area contributed by atoms with Gasteiger partial charge in [0.15, 0.2) is 5.82 Å². The van der Waals surface area contributed by atoms with Crippen LogP contribution in [0.3, 0.4) is 0 Å². The second kappa shape index (κ2) is 9.07. The van der Waals surface area contributed by atoms with Gasteiger partial charge < -0.3 is 20.3 Å². The first-order chi connectivity index (χ1) is 13.0. The van der Waals surface area contributed by atoms with Gasteiger partial charge in [-0.25, -0.2) is 4.98 Å². The van der Waals surface area contributed by atoms with Crippen molar-refractivity contribution in [2.45, 2.75) is 12.6 Å². The van der Waals surface area contributed by atoms with E-state index in [9.17, 15) is 10.1 Å². The van der Waals surface area contributed by atoms with Crippen molar-refractivity contribution in [1.82, 2.24) is 20.5 Å². The highest BCUT2D eigenvalue weighted by atomic mass is 35.5. The Hall–Kier alpha value is -1.58. The fourth-order valence-corrected chi connectivity index (χ4v) is 3.61. The van der Waals surface area contributed by atoms with Crippen molar-refractivity contribution in [2.24, 2.45) is 0 Å². The maximum atomic E-state index is 11.9. The van der Waals surface area contributed by atoms with Gasteiger partial charge in [-0.2, -0.15) is 0 Å². The zero-order valence-electron chi connectivity index (χ0n) is 14.3. The van der Waals surface area contributed by atoms with Gasteiger partial charge in [-0.3, -0.25) is 10.1 Å². The lowest BCUT2D eigenvalue weighted by Crippen LogP contribution is -2.41. The van der Waals surface area contributed by atoms with E-state index in [0.717, 1.165) is 5.56 Å². The number of aromatic nitrogens is 1. The zero-order valence-corrected chi connectivity index (χ0v) is 16.5. The molecule has 0 bridgehead atoms. The van der Waals surface area contributed by atoms with Crippen molar-refractivity contribution >= 4 is 34.8 Å². The molecule has 11 heteroatoms. The summed E-state index contributed by atoms with van der Waals surface area (Å²) < 4.78 is 5.48. The molecule has 146 valence electrons. The SMILES string of the molecule is O=[N+]([O-])C(C(=C(Cl)Cl)C1CNCCO1)=C1NCCN1Cc1ccc(Cl)nc1. The zero-order chi connectivity index (χ0) is 19.4. The number of halogens is 3. The highest BCUT2D eigenvalue weighted by molar-refractivity contribution is 6.56. The normalized spacial score (nSPS) is 21.6. The summed E-state index contributed by atoms with van der Waals surface area (Å²) in [6.07, 6.45) is 1.04. The van der Waals surface area contributed by atoms with Gasteiger partial charge in [0.25, 0.3) is 0 Å². The Morgan fingerprint density at radius 2 is 2.22 bits per heavy atom. The average molecular weight is 435 g/mol. The number of hydrogen-bond donors (Lipinski definition) is 2. The number of nitro groups is 1. The van der Waals surface area contributed by atoms with E-state index in [4.69, 9.17) is 39.5 Å². The van der Waals surface area contributed by atoms with Gasteiger partial charge >= 0.3 is 5.70 Å². The molecule has 0 radical (unpaired) electrons. The minimum atomic E-state index is -0.599. The first-order valence-electron chi connectivity index (χ1n) is 8.33. The van der Waals surface area contributed by atoms with Crippen LogP contribution < -0.4 is 10.6 Å². The number of ether oxygens (including phenoxy) is 1. The number of rotatable bonds is 5. The van der Waals surface area contributed by atoms with E-state index in [2.05, 4.69) is 15.6 Å². The Labute approximate surface area is 171 Å². The highest BCUT2D eigenvalue weighted by Gasteiger charge is 2.37. The number of pyridine rings is 1. The number of nitrogens with one attached hydrogen (secondary N) is 2. The Kier molecular flexibility index (Phi) is 6.78. The molecule has 2 N–H and O–H groups in total. The Balaban J connectivity index is 1.96. The van der Waals surface area contributed by atoms with Crippen LogP contribution in [0.15, 0.2) is 39.9 Å². The van der Waals surface area contributed by atoms with Crippen LogP contribution in [0.4, 0.5) is 0 Å². The summed E-state index contributed by atoms with van der Waals surface area (Å²) in [5, 5.41) is 18.6. The lowest BCUT2D eigenvalue weighted by molar-refractivity contribution is -0.424. The first kappa shape index (κ1) is 20.2. The van der Waals surface area contributed by atoms with E-state index in [1.54, 1.807) is 12.3 Å². The number of nitrogens with zero attached hydrogens (tertiary/aromatic N) is 3. The third-order valence-electron chi connectivity index (χ3n) is 4.27. The summed E-state index contributed by atoms with van der Waals surface area (Å²) in [6.45, 7) is 3.06. The first-order valence-corrected chi connectivity index (χ1v) is 9.46. The van der Waals surface area contributed by atoms with E-state index < -0.39 is 11.0 Å². The second-order valence-corrected chi connectivity index (χ2v) is 7.37. The van der Waals surface area contributed by atoms with Gasteiger partial charge in [-0.05, 0) is 11.6 Å². The van der Waals surface area contributed by atoms with E-state index >= 15 is 0 Å². The monoisotopic (exact) mass is 433 g/mol. The minimum Gasteiger partial charge on any atom is -0.371 e. The van der Waals surface area contributed by atoms with E-state index in [-0.39, 0.29) is 15.8 Å². The molecule has 1 unspecified atom stereocenters. The second-order valence-electron chi connectivity index (χ2n) is 6.03. The van der Waals surface area contributed by atoms with Gasteiger partial charge in [0.2, 0.25) is 0 Å². The van der Waals surface area contributed by atoms with Crippen molar-refractivity contribution in [3.8, 4) is 0 Å². The van der Waals surface area contributed by atoms with Crippen molar-refractivity contribution in [3.05, 3.63) is 60.7 Å². The van der Waals surface area contributed by atoms with Gasteiger partial charge in [0.05, 0.1) is 17.1 Å². The Morgan fingerprint density at radius 1 is 1.41 bits per heavy atom. The van der Waals surface area contributed by atoms with Crippen LogP contribution in [0.5, 0.6) is 0 Å². The van der Waals surface area contributed by atoms with Gasteiger partial charge in [-0.15, -0.1) is 0 Å². The van der Waals surface area contributed by atoms with Crippen molar-refractivity contribution < 1.29 is 9.66 Å². The smallest absolute Gasteiger partial charge is 0.317 e. The molecule has 3 rings (SSSR count). The summed E-state index contributed by atoms with van der Waals surface area (Å²) in [4.78, 5) is 17.4. The third-order valence-corrected chi connectivity index (χ3v) is 4.90. The quantitative estimate of drug-likeness (QED) is 0.417. The van der Waals surface area contributed by atoms with Crippen LogP contribution in [-0.4, -0.2) is 53.7 Å². The molecule has 0 spiro atoms. The molecule has 0 amide bonds. The van der Waals surface area contributed by atoms with Crippen molar-refractivity contribution in [2.75, 3.05) is 32.8 Å². The molecule has 27 heavy (non-hydrogen) atoms. The molecular weight excluding hydrogens is 417 g/mol. The summed E-state index contributed by atoms with van der Waals surface area (Å²) in [5.41, 5.74) is 0.865. The molecule has 3 heterocycles. The minimum absolute atomic E-state index is 0.166. The van der Waals surface area contributed by atoms with Crippen LogP contribution in [0.1, 0.15) is 5.56 Å². The fourth-order valence-electron chi connectivity index (χ4n) is 3.07. The molecule has 2 fully saturated rings. The highest BCUT2D eigenvalue weighted by Crippen LogP contribution is 2.31. The molecule has 8 nitrogen and oxygen atoms in total. The largest absolute Gasteiger partial charge is 0.371 e. The van der Waals surface area contributed by atoms with Crippen LogP contribution in [0.2, 0.25) is 5.15 Å². The lowest BCUT2D eigenvalue weighted by Gasteiger charge is -2.26. The summed E-state index contributed by atoms with van der Waals surface area (Å²) in [7, 11) is 0. The van der Waals surface area contributed by atoms with Crippen LogP contribution >= 0.6 is 34.8 Å². The molecule has 2 saturated heterocycles. The molecule has 2 aliphatic heterocycles. The predicted molar refractivity (Wildman–Crippen MR) is 103 cm³/mol. The summed E-state index contributed by atoms with van der Waals surface area (Å²) in [6, 6.07) is 3.51. The molecule has 0 saturated carbocycles. The summed E-state index contributed by atoms with van der Waals surface area (Å²) in [5.74, 6) is 0.359. The molecule has 0 aromatic carbocycles. The Morgan fingerprint density at radius 3 is 2.81 bits per heavy atom. The molecule has 1 atom stereocenters. The van der Waals surface area contributed by atoms with Crippen molar-refractivity contribution in [1.29, 1.82) is 0 Å². The summed E-state index contributed by atoms with van der Waals surface area (Å²) >= 11 is 17.9. The molecule has 0 aliphatic carbocycles. The number of morpholine rings is 1. The lowest BCUT2D eigenvalue weighted by atomic mass is 10.1. The maximum Gasteiger partial charge on any atom is 0.317 e. The van der Waals surface area contributed by atoms with Crippen molar-refractivity contribution in [3.63, 3.8) is 0 Å². The molecule has 2 aliphatic rings. The number of hydrogen-bond acceptors (Lipinski definition) is 7. The Bertz CT molecular complexity index is 759. The van der Waals surface area contributed by atoms with Crippen LogP contribution in [-0.2, 0) is 11.3 Å². The van der Waals surface area contributed by atoms with E-state index in [1.807, 2.05) is 11.0 Å². The topological polar surface area (TPSA) is 92.6 Å². The molecular formula is C16H18Cl3N5O3. The van der Waals surface area contributed by atoms with Gasteiger partial charge in [-0.1, -0.05) is 40.9 Å². The van der Waals surface area contributed by atoms with E-state index in [0.29, 0.717) is 50.3 Å². The predicted octanol–water partition coefficient (Wildman–Crippen LogP) is 2.26. The maximum absolute atomic E-state index is 11.9. The fraction of sp³-hybridized carbons (Fsp3) is 0.438. The third kappa shape index (κ3) is 4.83. The van der Waals surface area contributed by atoms with Crippen LogP contribution in [0, 0.1) is 10.1 Å². The van der Waals surface area contributed by atoms with Gasteiger partial charge in [0, 0.05) is 38.9 Å². The average Bonchev–Trinajstić information content (AvgIpc) is 3.09. The standard InChI is InChI=1S/C16H18Cl3N5O3/c17-12-2-1-10(7-22-12)9-23-5-3-21-16(23)14(24(25)26)13(15(18)19)11-8-20-4-6-27-11/h1-2,7,11,20-21H,3-6,8-9H2.